The zero-order valence-electron chi connectivity index (χ0n) is 9.40. The van der Waals surface area contributed by atoms with Crippen LogP contribution in [0.25, 0.3) is 0 Å². The summed E-state index contributed by atoms with van der Waals surface area (Å²) >= 11 is 11.6. The first kappa shape index (κ1) is 12.9. The highest BCUT2D eigenvalue weighted by Gasteiger charge is 2.19. The third kappa shape index (κ3) is 3.73. The second kappa shape index (κ2) is 5.89. The molecule has 0 amide bonds. The minimum atomic E-state index is -0.127. The summed E-state index contributed by atoms with van der Waals surface area (Å²) < 4.78 is 5.63. The van der Waals surface area contributed by atoms with E-state index in [2.05, 4.69) is 4.98 Å². The van der Waals surface area contributed by atoms with Gasteiger partial charge >= 0.3 is 0 Å². The van der Waals surface area contributed by atoms with E-state index in [-0.39, 0.29) is 6.10 Å². The summed E-state index contributed by atoms with van der Waals surface area (Å²) in [6.07, 6.45) is 5.21. The van der Waals surface area contributed by atoms with Crippen LogP contribution < -0.4 is 4.74 Å². The molecule has 17 heavy (non-hydrogen) atoms. The Kier molecular flexibility index (Phi) is 4.48. The maximum atomic E-state index is 9.40. The summed E-state index contributed by atoms with van der Waals surface area (Å²) in [6, 6.07) is 1.68. The fourth-order valence-electron chi connectivity index (χ4n) is 2.01. The Morgan fingerprint density at radius 2 is 2.00 bits per heavy atom. The molecule has 94 valence electrons. The van der Waals surface area contributed by atoms with Crippen LogP contribution in [0.5, 0.6) is 5.75 Å². The average molecular weight is 276 g/mol. The minimum Gasteiger partial charge on any atom is -0.492 e. The number of hydrogen-bond donors (Lipinski definition) is 1. The van der Waals surface area contributed by atoms with Gasteiger partial charge in [0.1, 0.15) is 10.9 Å². The zero-order valence-corrected chi connectivity index (χ0v) is 10.9. The molecule has 1 fully saturated rings. The maximum absolute atomic E-state index is 9.40. The molecule has 3 nitrogen and oxygen atoms in total. The Bertz CT molecular complexity index is 379. The number of halogens is 2. The number of hydrogen-bond acceptors (Lipinski definition) is 3. The maximum Gasteiger partial charge on any atom is 0.147 e. The quantitative estimate of drug-likeness (QED) is 0.861. The van der Waals surface area contributed by atoms with Crippen LogP contribution in [-0.4, -0.2) is 22.8 Å². The van der Waals surface area contributed by atoms with Crippen molar-refractivity contribution in [2.24, 2.45) is 5.92 Å². The lowest BCUT2D eigenvalue weighted by Gasteiger charge is -2.25. The van der Waals surface area contributed by atoms with E-state index in [0.29, 0.717) is 28.5 Å². The van der Waals surface area contributed by atoms with Crippen LogP contribution in [0.3, 0.4) is 0 Å². The zero-order chi connectivity index (χ0) is 12.3. The van der Waals surface area contributed by atoms with Crippen LogP contribution >= 0.6 is 23.2 Å². The Morgan fingerprint density at radius 1 is 1.29 bits per heavy atom. The van der Waals surface area contributed by atoms with E-state index in [9.17, 15) is 5.11 Å². The second-order valence-electron chi connectivity index (χ2n) is 4.43. The van der Waals surface area contributed by atoms with Crippen LogP contribution in [0.1, 0.15) is 25.7 Å². The monoisotopic (exact) mass is 275 g/mol. The van der Waals surface area contributed by atoms with Crippen molar-refractivity contribution < 1.29 is 9.84 Å². The van der Waals surface area contributed by atoms with E-state index in [1.807, 2.05) is 0 Å². The molecule has 0 unspecified atom stereocenters. The predicted octanol–water partition coefficient (Wildman–Crippen LogP) is 3.32. The van der Waals surface area contributed by atoms with Gasteiger partial charge in [0.25, 0.3) is 0 Å². The van der Waals surface area contributed by atoms with Crippen molar-refractivity contribution in [3.05, 3.63) is 22.4 Å². The van der Waals surface area contributed by atoms with Crippen molar-refractivity contribution in [2.75, 3.05) is 6.61 Å². The van der Waals surface area contributed by atoms with Crippen molar-refractivity contribution in [3.63, 3.8) is 0 Å². The molecule has 0 aliphatic heterocycles. The van der Waals surface area contributed by atoms with Gasteiger partial charge in [0.2, 0.25) is 0 Å². The number of aliphatic hydroxyl groups excluding tert-OH is 1. The van der Waals surface area contributed by atoms with E-state index < -0.39 is 0 Å². The topological polar surface area (TPSA) is 42.4 Å². The highest BCUT2D eigenvalue weighted by Crippen LogP contribution is 2.27. The fourth-order valence-corrected chi connectivity index (χ4v) is 2.27. The first-order valence-electron chi connectivity index (χ1n) is 5.77. The summed E-state index contributed by atoms with van der Waals surface area (Å²) in [5, 5.41) is 10.1. The van der Waals surface area contributed by atoms with Gasteiger partial charge in [-0.1, -0.05) is 23.2 Å². The van der Waals surface area contributed by atoms with Crippen LogP contribution in [0.4, 0.5) is 0 Å². The largest absolute Gasteiger partial charge is 0.492 e. The summed E-state index contributed by atoms with van der Waals surface area (Å²) in [4.78, 5) is 3.92. The van der Waals surface area contributed by atoms with Crippen LogP contribution in [0.15, 0.2) is 12.3 Å². The molecule has 1 aromatic heterocycles. The van der Waals surface area contributed by atoms with Crippen molar-refractivity contribution in [1.82, 2.24) is 4.98 Å². The van der Waals surface area contributed by atoms with Gasteiger partial charge in [-0.25, -0.2) is 4.98 Å². The van der Waals surface area contributed by atoms with Gasteiger partial charge in [-0.2, -0.15) is 0 Å². The molecule has 0 aromatic carbocycles. The molecule has 2 rings (SSSR count). The molecular weight excluding hydrogens is 261 g/mol. The van der Waals surface area contributed by atoms with Crippen molar-refractivity contribution in [3.8, 4) is 5.75 Å². The number of rotatable bonds is 3. The molecule has 1 aliphatic carbocycles. The van der Waals surface area contributed by atoms with E-state index >= 15 is 0 Å². The molecule has 1 heterocycles. The Morgan fingerprint density at radius 3 is 2.65 bits per heavy atom. The number of aliphatic hydroxyl groups is 1. The van der Waals surface area contributed by atoms with Gasteiger partial charge in [-0.15, -0.1) is 0 Å². The first-order valence-corrected chi connectivity index (χ1v) is 6.52. The standard InChI is InChI=1S/C12H15Cl2NO2/c13-11-5-10(6-15-12(11)14)17-7-8-1-3-9(16)4-2-8/h5-6,8-9,16H,1-4,7H2. The Hall–Kier alpha value is -0.510. The molecule has 0 spiro atoms. The number of nitrogens with zero attached hydrogens (tertiary/aromatic N) is 1. The van der Waals surface area contributed by atoms with Gasteiger partial charge < -0.3 is 9.84 Å². The van der Waals surface area contributed by atoms with Crippen LogP contribution in [-0.2, 0) is 0 Å². The SMILES string of the molecule is OC1CCC(COc2cnc(Cl)c(Cl)c2)CC1. The molecule has 0 radical (unpaired) electrons. The van der Waals surface area contributed by atoms with Gasteiger partial charge in [-0.05, 0) is 31.6 Å². The number of pyridine rings is 1. The number of ether oxygens (including phenoxy) is 1. The van der Waals surface area contributed by atoms with Gasteiger partial charge in [0, 0.05) is 6.07 Å². The van der Waals surface area contributed by atoms with Crippen molar-refractivity contribution in [1.29, 1.82) is 0 Å². The fraction of sp³-hybridized carbons (Fsp3) is 0.583. The first-order chi connectivity index (χ1) is 8.15. The normalized spacial score (nSPS) is 24.6. The highest BCUT2D eigenvalue weighted by molar-refractivity contribution is 6.41. The molecule has 5 heteroatoms. The van der Waals surface area contributed by atoms with E-state index in [4.69, 9.17) is 27.9 Å². The van der Waals surface area contributed by atoms with Crippen molar-refractivity contribution in [2.45, 2.75) is 31.8 Å². The third-order valence-corrected chi connectivity index (χ3v) is 3.76. The summed E-state index contributed by atoms with van der Waals surface area (Å²) in [6.45, 7) is 0.645. The molecule has 0 atom stereocenters. The Labute approximate surface area is 111 Å². The molecule has 1 aliphatic rings. The van der Waals surface area contributed by atoms with E-state index in [1.54, 1.807) is 12.3 Å². The van der Waals surface area contributed by atoms with Gasteiger partial charge in [0.05, 0.1) is 23.9 Å². The molecule has 0 saturated heterocycles. The van der Waals surface area contributed by atoms with E-state index in [1.165, 1.54) is 0 Å². The van der Waals surface area contributed by atoms with Gasteiger partial charge in [-0.3, -0.25) is 0 Å². The Balaban J connectivity index is 1.83. The summed E-state index contributed by atoms with van der Waals surface area (Å²) in [5.41, 5.74) is 0. The molecule has 1 saturated carbocycles. The average Bonchev–Trinajstić information content (AvgIpc) is 2.33. The third-order valence-electron chi connectivity index (χ3n) is 3.07. The lowest BCUT2D eigenvalue weighted by atomic mass is 9.88. The lowest BCUT2D eigenvalue weighted by Crippen LogP contribution is -2.22. The van der Waals surface area contributed by atoms with Gasteiger partial charge in [0.15, 0.2) is 0 Å². The van der Waals surface area contributed by atoms with E-state index in [0.717, 1.165) is 25.7 Å². The van der Waals surface area contributed by atoms with Crippen LogP contribution in [0.2, 0.25) is 10.2 Å². The predicted molar refractivity (Wildman–Crippen MR) is 67.7 cm³/mol. The smallest absolute Gasteiger partial charge is 0.147 e. The molecule has 1 aromatic rings. The molecular formula is C12H15Cl2NO2. The molecule has 0 bridgehead atoms. The second-order valence-corrected chi connectivity index (χ2v) is 5.19. The van der Waals surface area contributed by atoms with Crippen LogP contribution in [0, 0.1) is 5.92 Å². The summed E-state index contributed by atoms with van der Waals surface area (Å²) in [7, 11) is 0. The van der Waals surface area contributed by atoms with Crippen molar-refractivity contribution >= 4 is 23.2 Å². The summed E-state index contributed by atoms with van der Waals surface area (Å²) in [5.74, 6) is 1.15. The minimum absolute atomic E-state index is 0.127. The highest BCUT2D eigenvalue weighted by atomic mass is 35.5. The lowest BCUT2D eigenvalue weighted by molar-refractivity contribution is 0.0917. The molecule has 1 N–H and O–H groups in total. The number of aromatic nitrogens is 1.